The Bertz CT molecular complexity index is 793. The number of nitrogens with zero attached hydrogens (tertiary/aromatic N) is 5. The summed E-state index contributed by atoms with van der Waals surface area (Å²) in [5.41, 5.74) is 0. The zero-order valence-corrected chi connectivity index (χ0v) is 17.9. The van der Waals surface area contributed by atoms with Crippen molar-refractivity contribution in [1.82, 2.24) is 30.3 Å². The molecule has 1 aliphatic rings. The summed E-state index contributed by atoms with van der Waals surface area (Å²) in [4.78, 5) is 7.16. The fourth-order valence-electron chi connectivity index (χ4n) is 3.19. The highest BCUT2D eigenvalue weighted by molar-refractivity contribution is 5.80. The Morgan fingerprint density at radius 3 is 2.69 bits per heavy atom. The Hall–Kier alpha value is -2.39. The Labute approximate surface area is 172 Å². The van der Waals surface area contributed by atoms with Crippen LogP contribution in [0.25, 0.3) is 0 Å². The summed E-state index contributed by atoms with van der Waals surface area (Å²) in [6.45, 7) is 12.0. The van der Waals surface area contributed by atoms with E-state index in [0.717, 1.165) is 74.9 Å². The molecule has 0 amide bonds. The summed E-state index contributed by atoms with van der Waals surface area (Å²) >= 11 is 0. The number of rotatable bonds is 8. The molecule has 1 fully saturated rings. The third-order valence-electron chi connectivity index (χ3n) is 5.15. The molecule has 0 saturated carbocycles. The molecule has 9 heteroatoms. The van der Waals surface area contributed by atoms with Gasteiger partial charge in [-0.05, 0) is 45.9 Å². The standard InChI is InChI=1S/C20H33N7O2/c1-15-6-7-18(29-15)16(2)23-20(22-14-19-25-24-17(3)26(19)4)21-8-5-9-27-10-12-28-13-11-27/h6-7,16H,5,8-14H2,1-4H3,(H2,21,22,23). The Balaban J connectivity index is 1.57. The lowest BCUT2D eigenvalue weighted by Crippen LogP contribution is -2.41. The van der Waals surface area contributed by atoms with E-state index in [1.165, 1.54) is 0 Å². The Kier molecular flexibility index (Phi) is 7.65. The van der Waals surface area contributed by atoms with Gasteiger partial charge in [0.15, 0.2) is 11.8 Å². The minimum absolute atomic E-state index is 0.00965. The molecular formula is C20H33N7O2. The lowest BCUT2D eigenvalue weighted by Gasteiger charge is -2.26. The van der Waals surface area contributed by atoms with Gasteiger partial charge in [0.1, 0.15) is 23.9 Å². The topological polar surface area (TPSA) is 92.7 Å². The summed E-state index contributed by atoms with van der Waals surface area (Å²) in [6, 6.07) is 3.98. The van der Waals surface area contributed by atoms with Crippen molar-refractivity contribution in [3.8, 4) is 0 Å². The average Bonchev–Trinajstić information content (AvgIpc) is 3.30. The molecule has 0 spiro atoms. The molecule has 0 aromatic carbocycles. The zero-order chi connectivity index (χ0) is 20.6. The quantitative estimate of drug-likeness (QED) is 0.392. The number of nitrogens with one attached hydrogen (secondary N) is 2. The van der Waals surface area contributed by atoms with Crippen molar-refractivity contribution in [2.24, 2.45) is 12.0 Å². The van der Waals surface area contributed by atoms with Gasteiger partial charge in [-0.1, -0.05) is 0 Å². The van der Waals surface area contributed by atoms with Crippen molar-refractivity contribution in [2.45, 2.75) is 39.8 Å². The van der Waals surface area contributed by atoms with Crippen molar-refractivity contribution >= 4 is 5.96 Å². The minimum Gasteiger partial charge on any atom is -0.464 e. The van der Waals surface area contributed by atoms with Crippen molar-refractivity contribution in [1.29, 1.82) is 0 Å². The van der Waals surface area contributed by atoms with Crippen molar-refractivity contribution in [3.63, 3.8) is 0 Å². The molecule has 1 aliphatic heterocycles. The lowest BCUT2D eigenvalue weighted by molar-refractivity contribution is 0.0376. The average molecular weight is 404 g/mol. The van der Waals surface area contributed by atoms with Gasteiger partial charge in [-0.15, -0.1) is 10.2 Å². The maximum Gasteiger partial charge on any atom is 0.192 e. The van der Waals surface area contributed by atoms with Crippen LogP contribution in [0.4, 0.5) is 0 Å². The second-order valence-electron chi connectivity index (χ2n) is 7.44. The number of aliphatic imine (C=N–C) groups is 1. The summed E-state index contributed by atoms with van der Waals surface area (Å²) < 4.78 is 13.1. The summed E-state index contributed by atoms with van der Waals surface area (Å²) in [7, 11) is 1.96. The zero-order valence-electron chi connectivity index (χ0n) is 17.9. The summed E-state index contributed by atoms with van der Waals surface area (Å²) in [5.74, 6) is 4.25. The van der Waals surface area contributed by atoms with E-state index in [9.17, 15) is 0 Å². The SMILES string of the molecule is Cc1ccc(C(C)NC(=NCc2nnc(C)n2C)NCCCN2CCOCC2)o1. The molecular weight excluding hydrogens is 370 g/mol. The van der Waals surface area contributed by atoms with E-state index in [4.69, 9.17) is 14.1 Å². The van der Waals surface area contributed by atoms with E-state index in [1.54, 1.807) is 0 Å². The highest BCUT2D eigenvalue weighted by atomic mass is 16.5. The van der Waals surface area contributed by atoms with E-state index in [2.05, 4.69) is 32.7 Å². The Morgan fingerprint density at radius 2 is 2.03 bits per heavy atom. The van der Waals surface area contributed by atoms with Crippen LogP contribution in [0.3, 0.4) is 0 Å². The molecule has 3 heterocycles. The van der Waals surface area contributed by atoms with Gasteiger partial charge >= 0.3 is 0 Å². The predicted octanol–water partition coefficient (Wildman–Crippen LogP) is 1.54. The van der Waals surface area contributed by atoms with Crippen LogP contribution in [0.5, 0.6) is 0 Å². The largest absolute Gasteiger partial charge is 0.464 e. The van der Waals surface area contributed by atoms with Crippen LogP contribution < -0.4 is 10.6 Å². The number of aryl methyl sites for hydroxylation is 2. The van der Waals surface area contributed by atoms with E-state index in [0.29, 0.717) is 6.54 Å². The van der Waals surface area contributed by atoms with Crippen LogP contribution in [-0.2, 0) is 18.3 Å². The first kappa shape index (κ1) is 21.3. The van der Waals surface area contributed by atoms with Gasteiger partial charge in [-0.25, -0.2) is 4.99 Å². The number of morpholine rings is 1. The van der Waals surface area contributed by atoms with Crippen LogP contribution in [0.15, 0.2) is 21.5 Å². The smallest absolute Gasteiger partial charge is 0.192 e. The van der Waals surface area contributed by atoms with Gasteiger partial charge in [-0.3, -0.25) is 4.90 Å². The normalized spacial score (nSPS) is 16.8. The van der Waals surface area contributed by atoms with Crippen LogP contribution in [0, 0.1) is 13.8 Å². The van der Waals surface area contributed by atoms with Gasteiger partial charge in [0.05, 0.1) is 19.3 Å². The highest BCUT2D eigenvalue weighted by Gasteiger charge is 2.13. The molecule has 0 bridgehead atoms. The molecule has 2 aromatic rings. The van der Waals surface area contributed by atoms with Gasteiger partial charge in [0, 0.05) is 26.7 Å². The number of furan rings is 1. The first-order valence-electron chi connectivity index (χ1n) is 10.3. The molecule has 1 unspecified atom stereocenters. The molecule has 160 valence electrons. The van der Waals surface area contributed by atoms with Gasteiger partial charge in [-0.2, -0.15) is 0 Å². The van der Waals surface area contributed by atoms with Crippen molar-refractivity contribution in [3.05, 3.63) is 35.3 Å². The molecule has 0 radical (unpaired) electrons. The fourth-order valence-corrected chi connectivity index (χ4v) is 3.19. The molecule has 2 N–H and O–H groups in total. The van der Waals surface area contributed by atoms with Crippen LogP contribution >= 0.6 is 0 Å². The Morgan fingerprint density at radius 1 is 1.24 bits per heavy atom. The van der Waals surface area contributed by atoms with Crippen molar-refractivity contribution < 1.29 is 9.15 Å². The first-order chi connectivity index (χ1) is 14.0. The number of hydrogen-bond donors (Lipinski definition) is 2. The van der Waals surface area contributed by atoms with Gasteiger partial charge in [0.2, 0.25) is 0 Å². The maximum atomic E-state index is 5.75. The van der Waals surface area contributed by atoms with E-state index in [-0.39, 0.29) is 6.04 Å². The summed E-state index contributed by atoms with van der Waals surface area (Å²) in [5, 5.41) is 15.2. The number of ether oxygens (including phenoxy) is 1. The molecule has 0 aliphatic carbocycles. The number of guanidine groups is 1. The van der Waals surface area contributed by atoms with E-state index >= 15 is 0 Å². The van der Waals surface area contributed by atoms with Crippen LogP contribution in [0.1, 0.15) is 42.6 Å². The molecule has 3 rings (SSSR count). The number of aromatic nitrogens is 3. The molecule has 1 saturated heterocycles. The molecule has 2 aromatic heterocycles. The highest BCUT2D eigenvalue weighted by Crippen LogP contribution is 2.15. The second-order valence-corrected chi connectivity index (χ2v) is 7.44. The van der Waals surface area contributed by atoms with Crippen molar-refractivity contribution in [2.75, 3.05) is 39.4 Å². The van der Waals surface area contributed by atoms with Crippen LogP contribution in [-0.4, -0.2) is 65.0 Å². The van der Waals surface area contributed by atoms with E-state index in [1.807, 2.05) is 37.6 Å². The first-order valence-corrected chi connectivity index (χ1v) is 10.3. The van der Waals surface area contributed by atoms with E-state index < -0.39 is 0 Å². The lowest BCUT2D eigenvalue weighted by atomic mass is 10.2. The van der Waals surface area contributed by atoms with Gasteiger partial charge in [0.25, 0.3) is 0 Å². The second kappa shape index (κ2) is 10.4. The fraction of sp³-hybridized carbons (Fsp3) is 0.650. The molecule has 1 atom stereocenters. The third-order valence-corrected chi connectivity index (χ3v) is 5.15. The predicted molar refractivity (Wildman–Crippen MR) is 112 cm³/mol. The molecule has 29 heavy (non-hydrogen) atoms. The summed E-state index contributed by atoms with van der Waals surface area (Å²) in [6.07, 6.45) is 1.04. The maximum absolute atomic E-state index is 5.75. The van der Waals surface area contributed by atoms with Gasteiger partial charge < -0.3 is 24.4 Å². The molecule has 9 nitrogen and oxygen atoms in total. The minimum atomic E-state index is 0.00965. The van der Waals surface area contributed by atoms with Crippen LogP contribution in [0.2, 0.25) is 0 Å². The number of hydrogen-bond acceptors (Lipinski definition) is 6. The third kappa shape index (κ3) is 6.30. The monoisotopic (exact) mass is 403 g/mol.